The van der Waals surface area contributed by atoms with Crippen molar-refractivity contribution in [2.45, 2.75) is 89.9 Å². The number of aromatic nitrogens is 2. The molecule has 10 nitrogen and oxygen atoms in total. The second-order valence-electron chi connectivity index (χ2n) is 10.0. The third-order valence-corrected chi connectivity index (χ3v) is 5.80. The monoisotopic (exact) mass is 462 g/mol. The van der Waals surface area contributed by atoms with Crippen molar-refractivity contribution in [1.29, 1.82) is 0 Å². The molecule has 0 radical (unpaired) electrons. The third-order valence-electron chi connectivity index (χ3n) is 5.80. The maximum atomic E-state index is 13.1. The van der Waals surface area contributed by atoms with E-state index in [1.807, 2.05) is 27.7 Å². The van der Waals surface area contributed by atoms with Crippen molar-refractivity contribution >= 4 is 23.8 Å². The van der Waals surface area contributed by atoms with Crippen molar-refractivity contribution < 1.29 is 19.4 Å². The summed E-state index contributed by atoms with van der Waals surface area (Å²) < 4.78 is 5.44. The van der Waals surface area contributed by atoms with Crippen LogP contribution in [0.5, 0.6) is 0 Å². The highest BCUT2D eigenvalue weighted by Gasteiger charge is 2.31. The van der Waals surface area contributed by atoms with Crippen LogP contribution < -0.4 is 16.0 Å². The first-order valence-electron chi connectivity index (χ1n) is 11.9. The summed E-state index contributed by atoms with van der Waals surface area (Å²) in [6.45, 7) is 8.22. The van der Waals surface area contributed by atoms with Gasteiger partial charge in [-0.05, 0) is 47.0 Å². The van der Waals surface area contributed by atoms with Crippen LogP contribution in [0.4, 0.5) is 16.6 Å². The number of nitrogens with zero attached hydrogens (tertiary/aromatic N) is 3. The number of aliphatic hydroxyl groups is 1. The molecule has 4 N–H and O–H groups in total. The molecule has 1 saturated carbocycles. The van der Waals surface area contributed by atoms with Crippen molar-refractivity contribution in [2.75, 3.05) is 30.3 Å². The molecule has 184 valence electrons. The van der Waals surface area contributed by atoms with E-state index in [9.17, 15) is 14.7 Å². The van der Waals surface area contributed by atoms with Crippen LogP contribution >= 0.6 is 0 Å². The van der Waals surface area contributed by atoms with Crippen LogP contribution in [0, 0.1) is 0 Å². The molecule has 0 spiro atoms. The summed E-state index contributed by atoms with van der Waals surface area (Å²) in [4.78, 5) is 35.9. The average Bonchev–Trinajstić information content (AvgIpc) is 3.22. The van der Waals surface area contributed by atoms with Gasteiger partial charge in [0.2, 0.25) is 5.95 Å². The first-order chi connectivity index (χ1) is 15.6. The largest absolute Gasteiger partial charge is 0.444 e. The van der Waals surface area contributed by atoms with E-state index in [1.54, 1.807) is 4.90 Å². The molecular weight excluding hydrogens is 424 g/mol. The summed E-state index contributed by atoms with van der Waals surface area (Å²) in [6, 6.07) is -0.109. The summed E-state index contributed by atoms with van der Waals surface area (Å²) >= 11 is 0. The van der Waals surface area contributed by atoms with E-state index >= 15 is 0 Å². The van der Waals surface area contributed by atoms with Crippen LogP contribution in [0.3, 0.4) is 0 Å². The number of hydrogen-bond acceptors (Lipinski definition) is 8. The smallest absolute Gasteiger partial charge is 0.410 e. The van der Waals surface area contributed by atoms with Gasteiger partial charge < -0.3 is 30.7 Å². The molecule has 0 aromatic carbocycles. The number of nitrogens with one attached hydrogen (secondary N) is 3. The van der Waals surface area contributed by atoms with E-state index in [0.29, 0.717) is 36.8 Å². The minimum absolute atomic E-state index is 0.0488. The maximum Gasteiger partial charge on any atom is 0.410 e. The van der Waals surface area contributed by atoms with Crippen LogP contribution in [0.25, 0.3) is 0 Å². The van der Waals surface area contributed by atoms with E-state index in [0.717, 1.165) is 25.7 Å². The van der Waals surface area contributed by atoms with Gasteiger partial charge in [-0.15, -0.1) is 0 Å². The molecule has 1 aromatic heterocycles. The van der Waals surface area contributed by atoms with Gasteiger partial charge in [0.25, 0.3) is 5.91 Å². The lowest BCUT2D eigenvalue weighted by molar-refractivity contribution is 0.0290. The third kappa shape index (κ3) is 7.45. The highest BCUT2D eigenvalue weighted by atomic mass is 16.6. The Kier molecular flexibility index (Phi) is 8.34. The number of carbonyl (C=O) groups excluding carboxylic acids is 2. The van der Waals surface area contributed by atoms with Crippen LogP contribution in [0.1, 0.15) is 76.6 Å². The quantitative estimate of drug-likeness (QED) is 0.487. The Labute approximate surface area is 195 Å². The van der Waals surface area contributed by atoms with Crippen molar-refractivity contribution in [3.8, 4) is 0 Å². The second-order valence-corrected chi connectivity index (χ2v) is 10.0. The summed E-state index contributed by atoms with van der Waals surface area (Å²) in [5, 5.41) is 18.8. The summed E-state index contributed by atoms with van der Waals surface area (Å²) in [7, 11) is 0. The van der Waals surface area contributed by atoms with E-state index in [4.69, 9.17) is 4.74 Å². The number of ether oxygens (including phenoxy) is 1. The van der Waals surface area contributed by atoms with E-state index < -0.39 is 5.60 Å². The number of amides is 2. The van der Waals surface area contributed by atoms with Crippen molar-refractivity contribution in [3.63, 3.8) is 0 Å². The lowest BCUT2D eigenvalue weighted by Crippen LogP contribution is -2.40. The molecule has 2 heterocycles. The summed E-state index contributed by atoms with van der Waals surface area (Å²) in [5.74, 6) is 0.582. The fourth-order valence-electron chi connectivity index (χ4n) is 4.07. The molecular formula is C23H38N6O4. The molecule has 2 fully saturated rings. The molecule has 1 aliphatic heterocycles. The zero-order valence-corrected chi connectivity index (χ0v) is 20.2. The Morgan fingerprint density at radius 1 is 1.21 bits per heavy atom. The van der Waals surface area contributed by atoms with E-state index in [-0.39, 0.29) is 36.7 Å². The molecule has 3 rings (SSSR count). The van der Waals surface area contributed by atoms with Gasteiger partial charge in [0.15, 0.2) is 0 Å². The van der Waals surface area contributed by atoms with Gasteiger partial charge in [0, 0.05) is 37.4 Å². The number of rotatable bonds is 7. The Hall–Kier alpha value is -2.62. The second kappa shape index (κ2) is 11.0. The van der Waals surface area contributed by atoms with Crippen LogP contribution in [-0.2, 0) is 4.74 Å². The summed E-state index contributed by atoms with van der Waals surface area (Å²) in [6.07, 6.45) is 7.41. The number of likely N-dealkylation sites (tertiary alicyclic amines) is 1. The van der Waals surface area contributed by atoms with E-state index in [1.165, 1.54) is 12.6 Å². The van der Waals surface area contributed by atoms with Gasteiger partial charge in [-0.25, -0.2) is 9.78 Å². The Balaban J connectivity index is 1.68. The molecule has 0 unspecified atom stereocenters. The van der Waals surface area contributed by atoms with Gasteiger partial charge in [-0.2, -0.15) is 4.98 Å². The van der Waals surface area contributed by atoms with Gasteiger partial charge in [0.05, 0.1) is 6.61 Å². The Morgan fingerprint density at radius 3 is 2.61 bits per heavy atom. The molecule has 1 saturated heterocycles. The van der Waals surface area contributed by atoms with Crippen molar-refractivity contribution in [2.24, 2.45) is 0 Å². The van der Waals surface area contributed by atoms with Crippen molar-refractivity contribution in [3.05, 3.63) is 11.8 Å². The number of carbonyl (C=O) groups is 2. The minimum atomic E-state index is -0.557. The Morgan fingerprint density at radius 2 is 1.94 bits per heavy atom. The van der Waals surface area contributed by atoms with Gasteiger partial charge >= 0.3 is 6.09 Å². The van der Waals surface area contributed by atoms with Crippen LogP contribution in [-0.4, -0.2) is 75.4 Å². The minimum Gasteiger partial charge on any atom is -0.444 e. The fourth-order valence-corrected chi connectivity index (χ4v) is 4.07. The molecule has 0 bridgehead atoms. The SMILES string of the molecule is C[C@@H](CO)Nc1ncc(C(=O)N[C@H]2CCN(C(=O)OC(C)(C)C)C2)c(NC2CCCCC2)n1. The normalized spacial score (nSPS) is 20.3. The topological polar surface area (TPSA) is 129 Å². The molecule has 33 heavy (non-hydrogen) atoms. The van der Waals surface area contributed by atoms with Crippen LogP contribution in [0.15, 0.2) is 6.20 Å². The first-order valence-corrected chi connectivity index (χ1v) is 11.9. The molecule has 10 heteroatoms. The predicted molar refractivity (Wildman–Crippen MR) is 126 cm³/mol. The Bertz CT molecular complexity index is 822. The molecule has 2 amide bonds. The molecule has 1 aromatic rings. The average molecular weight is 463 g/mol. The maximum absolute atomic E-state index is 13.1. The number of aliphatic hydroxyl groups excluding tert-OH is 1. The van der Waals surface area contributed by atoms with Crippen molar-refractivity contribution in [1.82, 2.24) is 20.2 Å². The predicted octanol–water partition coefficient (Wildman–Crippen LogP) is 2.75. The lowest BCUT2D eigenvalue weighted by Gasteiger charge is -2.25. The van der Waals surface area contributed by atoms with Gasteiger partial charge in [-0.1, -0.05) is 19.3 Å². The first kappa shape index (κ1) is 25.0. The van der Waals surface area contributed by atoms with Crippen LogP contribution in [0.2, 0.25) is 0 Å². The fraction of sp³-hybridized carbons (Fsp3) is 0.739. The highest BCUT2D eigenvalue weighted by molar-refractivity contribution is 5.99. The van der Waals surface area contributed by atoms with Gasteiger partial charge in [-0.3, -0.25) is 4.79 Å². The summed E-state index contributed by atoms with van der Waals surface area (Å²) in [5.41, 5.74) is -0.183. The lowest BCUT2D eigenvalue weighted by atomic mass is 9.95. The number of anilines is 2. The molecule has 2 atom stereocenters. The number of hydrogen-bond donors (Lipinski definition) is 4. The molecule has 1 aliphatic carbocycles. The van der Waals surface area contributed by atoms with E-state index in [2.05, 4.69) is 25.9 Å². The zero-order chi connectivity index (χ0) is 24.0. The zero-order valence-electron chi connectivity index (χ0n) is 20.2. The molecule has 2 aliphatic rings. The highest BCUT2D eigenvalue weighted by Crippen LogP contribution is 2.24. The standard InChI is InChI=1S/C23H38N6O4/c1-15(14-30)25-21-24-12-18(19(28-21)26-16-8-6-5-7-9-16)20(31)27-17-10-11-29(13-17)22(32)33-23(2,3)4/h12,15-17,30H,5-11,13-14H2,1-4H3,(H,27,31)(H2,24,25,26,28)/t15-,17-/m0/s1. The van der Waals surface area contributed by atoms with Gasteiger partial charge in [0.1, 0.15) is 17.0 Å².